The zero-order valence-electron chi connectivity index (χ0n) is 11.3. The summed E-state index contributed by atoms with van der Waals surface area (Å²) in [6.45, 7) is 6.59. The second kappa shape index (κ2) is 6.87. The smallest absolute Gasteiger partial charge is 0.245 e. The van der Waals surface area contributed by atoms with Crippen LogP contribution in [0.1, 0.15) is 27.2 Å². The van der Waals surface area contributed by atoms with Crippen LogP contribution in [0.4, 0.5) is 0 Å². The third-order valence-electron chi connectivity index (χ3n) is 3.08. The second-order valence-electron chi connectivity index (χ2n) is 4.80. The number of carbonyl (C=O) groups excluding carboxylic acids is 2. The van der Waals surface area contributed by atoms with Gasteiger partial charge in [-0.05, 0) is 5.92 Å². The molecule has 0 spiro atoms. The maximum absolute atomic E-state index is 12.2. The molecule has 1 rings (SSSR count). The maximum atomic E-state index is 12.2. The van der Waals surface area contributed by atoms with Crippen molar-refractivity contribution in [1.29, 1.82) is 0 Å². The summed E-state index contributed by atoms with van der Waals surface area (Å²) in [6.07, 6.45) is 0.327. The fraction of sp³-hybridized carbons (Fsp3) is 0.833. The van der Waals surface area contributed by atoms with E-state index in [2.05, 4.69) is 5.32 Å². The third-order valence-corrected chi connectivity index (χ3v) is 4.36. The van der Waals surface area contributed by atoms with Crippen LogP contribution < -0.4 is 5.32 Å². The van der Waals surface area contributed by atoms with Gasteiger partial charge in [-0.3, -0.25) is 13.8 Å². The predicted octanol–water partition coefficient (Wildman–Crippen LogP) is 0.128. The lowest BCUT2D eigenvalue weighted by molar-refractivity contribution is -0.134. The summed E-state index contributed by atoms with van der Waals surface area (Å²) < 4.78 is 11.4. The lowest BCUT2D eigenvalue weighted by Crippen LogP contribution is -2.48. The van der Waals surface area contributed by atoms with E-state index in [-0.39, 0.29) is 17.7 Å². The largest absolute Gasteiger partial charge is 0.344 e. The Morgan fingerprint density at radius 3 is 2.67 bits per heavy atom. The highest BCUT2D eigenvalue weighted by Crippen LogP contribution is 2.11. The zero-order chi connectivity index (χ0) is 13.7. The van der Waals surface area contributed by atoms with Gasteiger partial charge in [0.2, 0.25) is 11.8 Å². The minimum atomic E-state index is -0.879. The third kappa shape index (κ3) is 4.08. The first kappa shape index (κ1) is 15.1. The Labute approximate surface area is 111 Å². The molecule has 2 atom stereocenters. The van der Waals surface area contributed by atoms with Gasteiger partial charge < -0.3 is 10.2 Å². The number of nitrogens with one attached hydrogen (secondary N) is 1. The lowest BCUT2D eigenvalue weighted by Gasteiger charge is -2.25. The second-order valence-corrected chi connectivity index (χ2v) is 6.66. The average Bonchev–Trinajstić information content (AvgIpc) is 2.47. The molecule has 0 aromatic rings. The molecule has 0 aromatic carbocycles. The van der Waals surface area contributed by atoms with Crippen molar-refractivity contribution in [3.63, 3.8) is 0 Å². The Hall–Kier alpha value is -0.910. The molecule has 0 radical (unpaired) electrons. The number of rotatable bonds is 5. The average molecular weight is 274 g/mol. The molecule has 0 bridgehead atoms. The number of hydrogen-bond acceptors (Lipinski definition) is 3. The molecule has 104 valence electrons. The van der Waals surface area contributed by atoms with Gasteiger partial charge in [-0.25, -0.2) is 0 Å². The van der Waals surface area contributed by atoms with Crippen LogP contribution in [0.25, 0.3) is 0 Å². The van der Waals surface area contributed by atoms with Gasteiger partial charge in [-0.2, -0.15) is 0 Å². The van der Waals surface area contributed by atoms with Gasteiger partial charge >= 0.3 is 0 Å². The molecule has 0 saturated carbocycles. The number of nitrogens with zero attached hydrogens (tertiary/aromatic N) is 1. The van der Waals surface area contributed by atoms with Crippen molar-refractivity contribution in [3.05, 3.63) is 0 Å². The predicted molar refractivity (Wildman–Crippen MR) is 71.5 cm³/mol. The van der Waals surface area contributed by atoms with Gasteiger partial charge in [0.1, 0.15) is 6.04 Å². The van der Waals surface area contributed by atoms with Crippen molar-refractivity contribution >= 4 is 22.6 Å². The molecule has 0 aromatic heterocycles. The molecule has 1 aliphatic rings. The molecular formula is C12H22N2O3S. The summed E-state index contributed by atoms with van der Waals surface area (Å²) in [4.78, 5) is 25.4. The van der Waals surface area contributed by atoms with Gasteiger partial charge in [-0.1, -0.05) is 20.8 Å². The zero-order valence-corrected chi connectivity index (χ0v) is 12.1. The van der Waals surface area contributed by atoms with Gasteiger partial charge in [0.15, 0.2) is 0 Å². The van der Waals surface area contributed by atoms with Crippen LogP contribution in [-0.2, 0) is 20.4 Å². The standard InChI is InChI=1S/C12H22N2O3S/c1-4-18(17)8-7-14-6-5-10(15)13-11(9(2)3)12(14)16/h9,11H,4-8H2,1-3H3,(H,13,15). The summed E-state index contributed by atoms with van der Waals surface area (Å²) in [6, 6.07) is -0.449. The normalized spacial score (nSPS) is 22.9. The molecule has 6 heteroatoms. The molecular weight excluding hydrogens is 252 g/mol. The van der Waals surface area contributed by atoms with Crippen LogP contribution in [-0.4, -0.2) is 51.6 Å². The summed E-state index contributed by atoms with van der Waals surface area (Å²) in [7, 11) is -0.879. The van der Waals surface area contributed by atoms with Crippen LogP contribution in [0.15, 0.2) is 0 Å². The highest BCUT2D eigenvalue weighted by molar-refractivity contribution is 7.84. The van der Waals surface area contributed by atoms with Crippen LogP contribution in [0.3, 0.4) is 0 Å². The fourth-order valence-corrected chi connectivity index (χ4v) is 2.59. The number of hydrogen-bond donors (Lipinski definition) is 1. The Balaban J connectivity index is 2.68. The van der Waals surface area contributed by atoms with Crippen molar-refractivity contribution < 1.29 is 13.8 Å². The van der Waals surface area contributed by atoms with Crippen LogP contribution in [0, 0.1) is 5.92 Å². The van der Waals surface area contributed by atoms with Gasteiger partial charge in [0.25, 0.3) is 0 Å². The molecule has 2 amide bonds. The molecule has 5 nitrogen and oxygen atoms in total. The Kier molecular flexibility index (Phi) is 5.78. The SMILES string of the molecule is CCS(=O)CCN1CCC(=O)NC(C(C)C)C1=O. The first-order valence-electron chi connectivity index (χ1n) is 6.38. The Morgan fingerprint density at radius 1 is 1.44 bits per heavy atom. The Bertz CT molecular complexity index is 344. The molecule has 1 fully saturated rings. The van der Waals surface area contributed by atoms with Crippen LogP contribution in [0.5, 0.6) is 0 Å². The van der Waals surface area contributed by atoms with Crippen LogP contribution >= 0.6 is 0 Å². The maximum Gasteiger partial charge on any atom is 0.245 e. The topological polar surface area (TPSA) is 66.5 Å². The summed E-state index contributed by atoms with van der Waals surface area (Å²) in [5, 5.41) is 2.75. The van der Waals surface area contributed by atoms with E-state index >= 15 is 0 Å². The first-order valence-corrected chi connectivity index (χ1v) is 7.87. The van der Waals surface area contributed by atoms with Crippen molar-refractivity contribution in [2.24, 2.45) is 5.92 Å². The summed E-state index contributed by atoms with van der Waals surface area (Å²) in [5.41, 5.74) is 0. The number of amides is 2. The molecule has 1 heterocycles. The van der Waals surface area contributed by atoms with E-state index in [9.17, 15) is 13.8 Å². The summed E-state index contributed by atoms with van der Waals surface area (Å²) in [5.74, 6) is 1.03. The quantitative estimate of drug-likeness (QED) is 0.775. The summed E-state index contributed by atoms with van der Waals surface area (Å²) >= 11 is 0. The van der Waals surface area contributed by atoms with Crippen molar-refractivity contribution in [2.75, 3.05) is 24.6 Å². The first-order chi connectivity index (χ1) is 8.45. The van der Waals surface area contributed by atoms with E-state index in [1.807, 2.05) is 20.8 Å². The van der Waals surface area contributed by atoms with Crippen molar-refractivity contribution in [2.45, 2.75) is 33.2 Å². The van der Waals surface area contributed by atoms with Crippen molar-refractivity contribution in [1.82, 2.24) is 10.2 Å². The molecule has 18 heavy (non-hydrogen) atoms. The minimum Gasteiger partial charge on any atom is -0.344 e. The number of carbonyl (C=O) groups is 2. The Morgan fingerprint density at radius 2 is 2.11 bits per heavy atom. The molecule has 1 saturated heterocycles. The monoisotopic (exact) mass is 274 g/mol. The molecule has 1 aliphatic heterocycles. The molecule has 1 N–H and O–H groups in total. The van der Waals surface area contributed by atoms with Gasteiger partial charge in [0, 0.05) is 41.8 Å². The lowest BCUT2D eigenvalue weighted by atomic mass is 10.0. The van der Waals surface area contributed by atoms with E-state index in [1.54, 1.807) is 4.90 Å². The van der Waals surface area contributed by atoms with E-state index in [0.29, 0.717) is 31.0 Å². The van der Waals surface area contributed by atoms with Gasteiger partial charge in [-0.15, -0.1) is 0 Å². The van der Waals surface area contributed by atoms with E-state index < -0.39 is 16.8 Å². The highest BCUT2D eigenvalue weighted by Gasteiger charge is 2.31. The van der Waals surface area contributed by atoms with E-state index in [4.69, 9.17) is 0 Å². The van der Waals surface area contributed by atoms with E-state index in [1.165, 1.54) is 0 Å². The fourth-order valence-electron chi connectivity index (χ4n) is 1.88. The van der Waals surface area contributed by atoms with Crippen LogP contribution in [0.2, 0.25) is 0 Å². The molecule has 2 unspecified atom stereocenters. The van der Waals surface area contributed by atoms with Crippen molar-refractivity contribution in [3.8, 4) is 0 Å². The van der Waals surface area contributed by atoms with Gasteiger partial charge in [0.05, 0.1) is 0 Å². The minimum absolute atomic E-state index is 0.0519. The molecule has 0 aliphatic carbocycles. The highest BCUT2D eigenvalue weighted by atomic mass is 32.2. The van der Waals surface area contributed by atoms with E-state index in [0.717, 1.165) is 0 Å².